The number of halogens is 1. The highest BCUT2D eigenvalue weighted by Gasteiger charge is 2.23. The second-order valence-electron chi connectivity index (χ2n) is 4.72. The molecule has 0 aliphatic heterocycles. The fourth-order valence-corrected chi connectivity index (χ4v) is 4.13. The van der Waals surface area contributed by atoms with Gasteiger partial charge < -0.3 is 10.7 Å². The number of aromatic amines is 1. The van der Waals surface area contributed by atoms with Gasteiger partial charge in [0.15, 0.2) is 0 Å². The summed E-state index contributed by atoms with van der Waals surface area (Å²) in [4.78, 5) is 7.17. The number of nitrogens with zero attached hydrogens (tertiary/aromatic N) is 1. The van der Waals surface area contributed by atoms with E-state index in [2.05, 4.69) is 30.6 Å². The summed E-state index contributed by atoms with van der Waals surface area (Å²) in [6.07, 6.45) is 3.23. The predicted molar refractivity (Wildman–Crippen MR) is 84.1 cm³/mol. The minimum Gasteiger partial charge on any atom is -0.347 e. The smallest absolute Gasteiger partial charge is 0.241 e. The highest BCUT2D eigenvalue weighted by molar-refractivity contribution is 9.10. The highest BCUT2D eigenvalue weighted by Crippen LogP contribution is 2.26. The summed E-state index contributed by atoms with van der Waals surface area (Å²) >= 11 is 3.37. The molecule has 1 heterocycles. The SMILES string of the molecule is Cc1c(Br)cc(CN)cc1S(=O)(=O)NC(C)c1ncc[nH]1. The third-order valence-electron chi connectivity index (χ3n) is 3.14. The number of imidazole rings is 1. The average Bonchev–Trinajstić information content (AvgIpc) is 2.95. The number of nitrogens with one attached hydrogen (secondary N) is 2. The van der Waals surface area contributed by atoms with Crippen LogP contribution in [-0.2, 0) is 16.6 Å². The molecule has 0 bridgehead atoms. The molecule has 6 nitrogen and oxygen atoms in total. The van der Waals surface area contributed by atoms with Gasteiger partial charge in [-0.25, -0.2) is 18.1 Å². The number of hydrogen-bond donors (Lipinski definition) is 3. The lowest BCUT2D eigenvalue weighted by molar-refractivity contribution is 0.560. The van der Waals surface area contributed by atoms with Crippen LogP contribution in [0.4, 0.5) is 0 Å². The van der Waals surface area contributed by atoms with Crippen LogP contribution < -0.4 is 10.5 Å². The van der Waals surface area contributed by atoms with Crippen LogP contribution in [-0.4, -0.2) is 18.4 Å². The van der Waals surface area contributed by atoms with Crippen LogP contribution in [0.5, 0.6) is 0 Å². The zero-order chi connectivity index (χ0) is 15.6. The third kappa shape index (κ3) is 3.52. The van der Waals surface area contributed by atoms with Crippen LogP contribution in [0, 0.1) is 6.92 Å². The first kappa shape index (κ1) is 16.2. The molecule has 2 rings (SSSR count). The fraction of sp³-hybridized carbons (Fsp3) is 0.308. The van der Waals surface area contributed by atoms with E-state index in [0.29, 0.717) is 11.4 Å². The minimum atomic E-state index is -3.67. The Kier molecular flexibility index (Phi) is 4.82. The molecule has 4 N–H and O–H groups in total. The molecular weight excluding hydrogens is 356 g/mol. The Morgan fingerprint density at radius 3 is 2.76 bits per heavy atom. The number of aromatic nitrogens is 2. The van der Waals surface area contributed by atoms with Crippen molar-refractivity contribution in [2.75, 3.05) is 0 Å². The van der Waals surface area contributed by atoms with Gasteiger partial charge in [-0.05, 0) is 37.1 Å². The Morgan fingerprint density at radius 2 is 2.19 bits per heavy atom. The molecule has 0 spiro atoms. The van der Waals surface area contributed by atoms with Crippen LogP contribution >= 0.6 is 15.9 Å². The monoisotopic (exact) mass is 372 g/mol. The Labute approximate surface area is 132 Å². The molecule has 2 aromatic rings. The van der Waals surface area contributed by atoms with E-state index >= 15 is 0 Å². The van der Waals surface area contributed by atoms with Gasteiger partial charge in [-0.15, -0.1) is 0 Å². The van der Waals surface area contributed by atoms with Crippen LogP contribution in [0.2, 0.25) is 0 Å². The maximum absolute atomic E-state index is 12.6. The third-order valence-corrected chi connectivity index (χ3v) is 5.63. The number of nitrogens with two attached hydrogens (primary N) is 1. The first-order valence-electron chi connectivity index (χ1n) is 6.36. The quantitative estimate of drug-likeness (QED) is 0.746. The van der Waals surface area contributed by atoms with E-state index in [1.54, 1.807) is 32.3 Å². The maximum Gasteiger partial charge on any atom is 0.241 e. The average molecular weight is 373 g/mol. The molecule has 0 amide bonds. The van der Waals surface area contributed by atoms with Crippen molar-refractivity contribution in [2.24, 2.45) is 5.73 Å². The topological polar surface area (TPSA) is 101 Å². The summed E-state index contributed by atoms with van der Waals surface area (Å²) in [5, 5.41) is 0. The van der Waals surface area contributed by atoms with Gasteiger partial charge in [0.1, 0.15) is 5.82 Å². The Morgan fingerprint density at radius 1 is 1.48 bits per heavy atom. The van der Waals surface area contributed by atoms with E-state index in [9.17, 15) is 8.42 Å². The summed E-state index contributed by atoms with van der Waals surface area (Å²) < 4.78 is 28.5. The van der Waals surface area contributed by atoms with Crippen molar-refractivity contribution < 1.29 is 8.42 Å². The van der Waals surface area contributed by atoms with Gasteiger partial charge >= 0.3 is 0 Å². The van der Waals surface area contributed by atoms with Gasteiger partial charge in [-0.3, -0.25) is 0 Å². The largest absolute Gasteiger partial charge is 0.347 e. The van der Waals surface area contributed by atoms with E-state index in [-0.39, 0.29) is 11.4 Å². The van der Waals surface area contributed by atoms with Crippen molar-refractivity contribution in [2.45, 2.75) is 31.3 Å². The maximum atomic E-state index is 12.6. The number of benzene rings is 1. The van der Waals surface area contributed by atoms with Gasteiger partial charge in [0.05, 0.1) is 10.9 Å². The number of H-pyrrole nitrogens is 1. The standard InChI is InChI=1S/C13H17BrN4O2S/c1-8-11(14)5-10(7-15)6-12(8)21(19,20)18-9(2)13-16-3-4-17-13/h3-6,9,18H,7,15H2,1-2H3,(H,16,17). The molecule has 21 heavy (non-hydrogen) atoms. The van der Waals surface area contributed by atoms with Gasteiger partial charge in [-0.1, -0.05) is 15.9 Å². The molecule has 0 aliphatic rings. The lowest BCUT2D eigenvalue weighted by Crippen LogP contribution is -2.28. The van der Waals surface area contributed by atoms with Crippen molar-refractivity contribution in [3.8, 4) is 0 Å². The summed E-state index contributed by atoms with van der Waals surface area (Å²) in [6, 6.07) is 2.96. The molecule has 0 saturated carbocycles. The predicted octanol–water partition coefficient (Wildman–Crippen LogP) is 1.98. The number of sulfonamides is 1. The fourth-order valence-electron chi connectivity index (χ4n) is 1.97. The van der Waals surface area contributed by atoms with Crippen molar-refractivity contribution >= 4 is 26.0 Å². The normalized spacial score (nSPS) is 13.3. The van der Waals surface area contributed by atoms with E-state index in [1.165, 1.54) is 0 Å². The van der Waals surface area contributed by atoms with E-state index < -0.39 is 16.1 Å². The van der Waals surface area contributed by atoms with E-state index in [1.807, 2.05) is 6.07 Å². The van der Waals surface area contributed by atoms with Crippen LogP contribution in [0.1, 0.15) is 29.9 Å². The summed E-state index contributed by atoms with van der Waals surface area (Å²) in [7, 11) is -3.67. The van der Waals surface area contributed by atoms with Crippen molar-refractivity contribution in [3.05, 3.63) is 46.0 Å². The number of rotatable bonds is 5. The molecule has 1 aromatic heterocycles. The van der Waals surface area contributed by atoms with Crippen molar-refractivity contribution in [3.63, 3.8) is 0 Å². The lowest BCUT2D eigenvalue weighted by Gasteiger charge is -2.15. The molecule has 1 atom stereocenters. The summed E-state index contributed by atoms with van der Waals surface area (Å²) in [5.41, 5.74) is 7.00. The Bertz CT molecular complexity index is 729. The first-order chi connectivity index (χ1) is 9.85. The highest BCUT2D eigenvalue weighted by atomic mass is 79.9. The van der Waals surface area contributed by atoms with Crippen molar-refractivity contribution in [1.82, 2.24) is 14.7 Å². The molecule has 0 saturated heterocycles. The molecule has 114 valence electrons. The first-order valence-corrected chi connectivity index (χ1v) is 8.63. The van der Waals surface area contributed by atoms with Crippen LogP contribution in [0.15, 0.2) is 33.9 Å². The number of hydrogen-bond acceptors (Lipinski definition) is 4. The molecule has 1 unspecified atom stereocenters. The Balaban J connectivity index is 2.38. The summed E-state index contributed by atoms with van der Waals surface area (Å²) in [5.74, 6) is 0.560. The molecule has 8 heteroatoms. The van der Waals surface area contributed by atoms with Crippen LogP contribution in [0.3, 0.4) is 0 Å². The second kappa shape index (κ2) is 6.27. The zero-order valence-corrected chi connectivity index (χ0v) is 14.1. The second-order valence-corrected chi connectivity index (χ2v) is 7.26. The molecule has 1 aromatic carbocycles. The van der Waals surface area contributed by atoms with Gasteiger partial charge in [0, 0.05) is 23.4 Å². The lowest BCUT2D eigenvalue weighted by atomic mass is 10.1. The van der Waals surface area contributed by atoms with Crippen LogP contribution in [0.25, 0.3) is 0 Å². The molecule has 0 aliphatic carbocycles. The van der Waals surface area contributed by atoms with Crippen molar-refractivity contribution in [1.29, 1.82) is 0 Å². The van der Waals surface area contributed by atoms with E-state index in [4.69, 9.17) is 5.73 Å². The van der Waals surface area contributed by atoms with Gasteiger partial charge in [0.25, 0.3) is 0 Å². The van der Waals surface area contributed by atoms with Gasteiger partial charge in [0.2, 0.25) is 10.0 Å². The minimum absolute atomic E-state index is 0.218. The zero-order valence-electron chi connectivity index (χ0n) is 11.7. The van der Waals surface area contributed by atoms with E-state index in [0.717, 1.165) is 10.0 Å². The van der Waals surface area contributed by atoms with Gasteiger partial charge in [-0.2, -0.15) is 0 Å². The summed E-state index contributed by atoms with van der Waals surface area (Å²) in [6.45, 7) is 3.75. The molecule has 0 fully saturated rings. The molecule has 0 radical (unpaired) electrons. The Hall–Kier alpha value is -1.22. The molecular formula is C13H17BrN4O2S.